The van der Waals surface area contributed by atoms with Crippen molar-refractivity contribution in [1.29, 1.82) is 0 Å². The zero-order chi connectivity index (χ0) is 13.9. The molecule has 1 saturated carbocycles. The SMILES string of the molecule is CC1(C)CC1C(=O)Nc1ccccc1C#CCCO. The topological polar surface area (TPSA) is 49.3 Å². The van der Waals surface area contributed by atoms with Crippen molar-refractivity contribution in [2.45, 2.75) is 26.7 Å². The fourth-order valence-electron chi connectivity index (χ4n) is 2.05. The molecular formula is C16H19NO2. The van der Waals surface area contributed by atoms with E-state index in [1.165, 1.54) is 0 Å². The summed E-state index contributed by atoms with van der Waals surface area (Å²) in [5, 5.41) is 11.7. The average molecular weight is 257 g/mol. The Hall–Kier alpha value is -1.79. The molecule has 0 heterocycles. The van der Waals surface area contributed by atoms with Crippen molar-refractivity contribution < 1.29 is 9.90 Å². The van der Waals surface area contributed by atoms with Crippen molar-refractivity contribution in [2.75, 3.05) is 11.9 Å². The Morgan fingerprint density at radius 3 is 2.79 bits per heavy atom. The van der Waals surface area contributed by atoms with Gasteiger partial charge in [-0.1, -0.05) is 37.8 Å². The van der Waals surface area contributed by atoms with E-state index in [0.717, 1.165) is 17.7 Å². The smallest absolute Gasteiger partial charge is 0.228 e. The summed E-state index contributed by atoms with van der Waals surface area (Å²) in [5.74, 6) is 6.02. The largest absolute Gasteiger partial charge is 0.395 e. The van der Waals surface area contributed by atoms with Crippen LogP contribution in [0.1, 0.15) is 32.3 Å². The lowest BCUT2D eigenvalue weighted by molar-refractivity contribution is -0.118. The van der Waals surface area contributed by atoms with E-state index in [1.807, 2.05) is 24.3 Å². The van der Waals surface area contributed by atoms with Gasteiger partial charge in [0.15, 0.2) is 0 Å². The van der Waals surface area contributed by atoms with Gasteiger partial charge >= 0.3 is 0 Å². The van der Waals surface area contributed by atoms with Gasteiger partial charge in [0.1, 0.15) is 0 Å². The molecule has 3 heteroatoms. The van der Waals surface area contributed by atoms with E-state index in [-0.39, 0.29) is 23.8 Å². The van der Waals surface area contributed by atoms with Gasteiger partial charge < -0.3 is 10.4 Å². The molecule has 0 bridgehead atoms. The highest BCUT2D eigenvalue weighted by atomic mass is 16.2. The first kappa shape index (κ1) is 13.6. The Kier molecular flexibility index (Phi) is 3.92. The number of amides is 1. The molecule has 0 aromatic heterocycles. The van der Waals surface area contributed by atoms with Crippen LogP contribution in [0.15, 0.2) is 24.3 Å². The van der Waals surface area contributed by atoms with E-state index < -0.39 is 0 Å². The number of carbonyl (C=O) groups excluding carboxylic acids is 1. The summed E-state index contributed by atoms with van der Waals surface area (Å²) in [5.41, 5.74) is 1.67. The van der Waals surface area contributed by atoms with Gasteiger partial charge in [-0.05, 0) is 24.0 Å². The number of nitrogens with one attached hydrogen (secondary N) is 1. The Morgan fingerprint density at radius 1 is 1.47 bits per heavy atom. The Balaban J connectivity index is 2.09. The molecule has 1 aliphatic carbocycles. The summed E-state index contributed by atoms with van der Waals surface area (Å²) in [7, 11) is 0. The van der Waals surface area contributed by atoms with Crippen molar-refractivity contribution in [2.24, 2.45) is 11.3 Å². The highest BCUT2D eigenvalue weighted by Gasteiger charge is 2.50. The maximum Gasteiger partial charge on any atom is 0.228 e. The molecule has 100 valence electrons. The van der Waals surface area contributed by atoms with Crippen LogP contribution in [0.25, 0.3) is 0 Å². The van der Waals surface area contributed by atoms with Crippen molar-refractivity contribution in [1.82, 2.24) is 0 Å². The predicted molar refractivity (Wildman–Crippen MR) is 75.5 cm³/mol. The standard InChI is InChI=1S/C16H19NO2/c1-16(2)11-13(16)15(19)17-14-9-4-3-7-12(14)8-5-6-10-18/h3-4,7,9,13,18H,6,10-11H2,1-2H3,(H,17,19). The van der Waals surface area contributed by atoms with Crippen LogP contribution in [0.3, 0.4) is 0 Å². The Bertz CT molecular complexity index is 537. The second-order valence-electron chi connectivity index (χ2n) is 5.56. The summed E-state index contributed by atoms with van der Waals surface area (Å²) in [6.07, 6.45) is 1.38. The zero-order valence-corrected chi connectivity index (χ0v) is 11.4. The lowest BCUT2D eigenvalue weighted by Crippen LogP contribution is -2.17. The quantitative estimate of drug-likeness (QED) is 0.817. The van der Waals surface area contributed by atoms with E-state index in [2.05, 4.69) is 31.0 Å². The zero-order valence-electron chi connectivity index (χ0n) is 11.4. The van der Waals surface area contributed by atoms with Gasteiger partial charge in [-0.2, -0.15) is 0 Å². The molecule has 3 nitrogen and oxygen atoms in total. The molecular weight excluding hydrogens is 238 g/mol. The maximum atomic E-state index is 12.1. The van der Waals surface area contributed by atoms with Crippen LogP contribution in [0.5, 0.6) is 0 Å². The molecule has 2 rings (SSSR count). The number of carbonyl (C=O) groups is 1. The number of para-hydroxylation sites is 1. The van der Waals surface area contributed by atoms with Crippen LogP contribution in [0.4, 0.5) is 5.69 Å². The molecule has 1 amide bonds. The highest BCUT2D eigenvalue weighted by molar-refractivity contribution is 5.96. The van der Waals surface area contributed by atoms with Crippen LogP contribution >= 0.6 is 0 Å². The predicted octanol–water partition coefficient (Wildman–Crippen LogP) is 2.41. The van der Waals surface area contributed by atoms with E-state index in [1.54, 1.807) is 0 Å². The van der Waals surface area contributed by atoms with Gasteiger partial charge in [-0.3, -0.25) is 4.79 Å². The molecule has 0 radical (unpaired) electrons. The summed E-state index contributed by atoms with van der Waals surface area (Å²) in [6.45, 7) is 4.26. The minimum atomic E-state index is 0.0534. The molecule has 1 aliphatic rings. The number of benzene rings is 1. The van der Waals surface area contributed by atoms with Crippen LogP contribution in [0, 0.1) is 23.2 Å². The molecule has 1 fully saturated rings. The second-order valence-corrected chi connectivity index (χ2v) is 5.56. The Labute approximate surface area is 114 Å². The van der Waals surface area contributed by atoms with Gasteiger partial charge in [0.05, 0.1) is 12.3 Å². The van der Waals surface area contributed by atoms with Gasteiger partial charge in [0.25, 0.3) is 0 Å². The fraction of sp³-hybridized carbons (Fsp3) is 0.438. The van der Waals surface area contributed by atoms with Crippen LogP contribution in [-0.4, -0.2) is 17.6 Å². The number of hydrogen-bond acceptors (Lipinski definition) is 2. The number of anilines is 1. The Morgan fingerprint density at radius 2 is 2.16 bits per heavy atom. The first-order valence-corrected chi connectivity index (χ1v) is 6.54. The van der Waals surface area contributed by atoms with Crippen molar-refractivity contribution in [3.05, 3.63) is 29.8 Å². The number of hydrogen-bond donors (Lipinski definition) is 2. The van der Waals surface area contributed by atoms with Crippen LogP contribution < -0.4 is 5.32 Å². The van der Waals surface area contributed by atoms with Crippen molar-refractivity contribution >= 4 is 11.6 Å². The van der Waals surface area contributed by atoms with Gasteiger partial charge in [0, 0.05) is 17.9 Å². The lowest BCUT2D eigenvalue weighted by Gasteiger charge is -2.08. The van der Waals surface area contributed by atoms with Crippen LogP contribution in [-0.2, 0) is 4.79 Å². The van der Waals surface area contributed by atoms with Crippen LogP contribution in [0.2, 0.25) is 0 Å². The third-order valence-corrected chi connectivity index (χ3v) is 3.47. The minimum absolute atomic E-state index is 0.0534. The monoisotopic (exact) mass is 257 g/mol. The molecule has 19 heavy (non-hydrogen) atoms. The third-order valence-electron chi connectivity index (χ3n) is 3.47. The molecule has 0 spiro atoms. The first-order chi connectivity index (χ1) is 9.04. The molecule has 2 N–H and O–H groups in total. The van der Waals surface area contributed by atoms with Crippen molar-refractivity contribution in [3.8, 4) is 11.8 Å². The van der Waals surface area contributed by atoms with Gasteiger partial charge in [-0.25, -0.2) is 0 Å². The molecule has 1 unspecified atom stereocenters. The summed E-state index contributed by atoms with van der Waals surface area (Å²) < 4.78 is 0. The summed E-state index contributed by atoms with van der Waals surface area (Å²) in [6, 6.07) is 7.50. The third kappa shape index (κ3) is 3.36. The molecule has 1 aromatic carbocycles. The van der Waals surface area contributed by atoms with E-state index in [9.17, 15) is 4.79 Å². The average Bonchev–Trinajstić information content (AvgIpc) is 3.01. The summed E-state index contributed by atoms with van der Waals surface area (Å²) >= 11 is 0. The van der Waals surface area contributed by atoms with E-state index >= 15 is 0 Å². The van der Waals surface area contributed by atoms with Crippen molar-refractivity contribution in [3.63, 3.8) is 0 Å². The van der Waals surface area contributed by atoms with Gasteiger partial charge in [0.2, 0.25) is 5.91 Å². The number of aliphatic hydroxyl groups is 1. The minimum Gasteiger partial charge on any atom is -0.395 e. The normalized spacial score (nSPS) is 19.2. The fourth-order valence-corrected chi connectivity index (χ4v) is 2.05. The number of aliphatic hydroxyl groups excluding tert-OH is 1. The van der Waals surface area contributed by atoms with E-state index in [4.69, 9.17) is 5.11 Å². The van der Waals surface area contributed by atoms with E-state index in [0.29, 0.717) is 6.42 Å². The second kappa shape index (κ2) is 5.46. The summed E-state index contributed by atoms with van der Waals surface area (Å²) in [4.78, 5) is 12.1. The molecule has 1 aromatic rings. The lowest BCUT2D eigenvalue weighted by atomic mass is 10.1. The maximum absolute atomic E-state index is 12.1. The molecule has 0 saturated heterocycles. The molecule has 0 aliphatic heterocycles. The first-order valence-electron chi connectivity index (χ1n) is 6.54. The molecule has 1 atom stereocenters. The van der Waals surface area contributed by atoms with Gasteiger partial charge in [-0.15, -0.1) is 0 Å². The highest BCUT2D eigenvalue weighted by Crippen LogP contribution is 2.52. The number of rotatable bonds is 3.